The molecule has 0 aliphatic carbocycles. The van der Waals surface area contributed by atoms with E-state index in [1.165, 1.54) is 12.1 Å². The highest BCUT2D eigenvalue weighted by molar-refractivity contribution is 9.10. The fourth-order valence-corrected chi connectivity index (χ4v) is 3.48. The van der Waals surface area contributed by atoms with Crippen molar-refractivity contribution in [1.29, 1.82) is 0 Å². The summed E-state index contributed by atoms with van der Waals surface area (Å²) in [5.74, 6) is -0.961. The van der Waals surface area contributed by atoms with E-state index in [1.807, 2.05) is 7.05 Å². The molecule has 0 unspecified atom stereocenters. The van der Waals surface area contributed by atoms with Crippen LogP contribution in [0, 0.1) is 11.6 Å². The molecule has 1 amide bonds. The van der Waals surface area contributed by atoms with Gasteiger partial charge in [0.15, 0.2) is 0 Å². The van der Waals surface area contributed by atoms with Crippen LogP contribution in [0.4, 0.5) is 14.5 Å². The summed E-state index contributed by atoms with van der Waals surface area (Å²) in [6.45, 7) is 0.146. The molecular weight excluding hydrogens is 446 g/mol. The van der Waals surface area contributed by atoms with Crippen LogP contribution in [0.5, 0.6) is 5.75 Å². The Morgan fingerprint density at radius 2 is 1.93 bits per heavy atom. The third-order valence-electron chi connectivity index (χ3n) is 4.17. The zero-order valence-electron chi connectivity index (χ0n) is 15.8. The topological polar surface area (TPSA) is 68.2 Å². The van der Waals surface area contributed by atoms with E-state index in [2.05, 4.69) is 31.7 Å². The van der Waals surface area contributed by atoms with Crippen LogP contribution in [0.2, 0.25) is 0 Å². The number of carbonyl (C=O) groups is 1. The number of aryl methyl sites for hydroxylation is 1. The molecule has 1 heterocycles. The fourth-order valence-electron chi connectivity index (χ4n) is 2.92. The first-order chi connectivity index (χ1) is 13.9. The summed E-state index contributed by atoms with van der Waals surface area (Å²) in [4.78, 5) is 12.2. The van der Waals surface area contributed by atoms with Gasteiger partial charge in [0.25, 0.3) is 0 Å². The lowest BCUT2D eigenvalue weighted by molar-refractivity contribution is -0.115. The summed E-state index contributed by atoms with van der Waals surface area (Å²) >= 11 is 3.47. The lowest BCUT2D eigenvalue weighted by atomic mass is 10.1. The van der Waals surface area contributed by atoms with E-state index in [0.717, 1.165) is 21.8 Å². The van der Waals surface area contributed by atoms with Gasteiger partial charge in [0.05, 0.1) is 30.0 Å². The predicted octanol–water partition coefficient (Wildman–Crippen LogP) is 3.86. The van der Waals surface area contributed by atoms with Crippen molar-refractivity contribution in [2.24, 2.45) is 7.05 Å². The number of benzene rings is 2. The van der Waals surface area contributed by atoms with Crippen LogP contribution in [-0.4, -0.2) is 29.3 Å². The van der Waals surface area contributed by atoms with Crippen LogP contribution < -0.4 is 15.4 Å². The van der Waals surface area contributed by atoms with Crippen molar-refractivity contribution in [1.82, 2.24) is 15.1 Å². The van der Waals surface area contributed by atoms with E-state index in [9.17, 15) is 13.6 Å². The maximum atomic E-state index is 13.2. The van der Waals surface area contributed by atoms with Crippen LogP contribution in [-0.2, 0) is 18.4 Å². The molecule has 0 atom stereocenters. The van der Waals surface area contributed by atoms with Gasteiger partial charge >= 0.3 is 0 Å². The average molecular weight is 465 g/mol. The van der Waals surface area contributed by atoms with E-state index in [-0.39, 0.29) is 19.0 Å². The number of hydrogen-bond donors (Lipinski definition) is 2. The van der Waals surface area contributed by atoms with Gasteiger partial charge in [-0.25, -0.2) is 8.78 Å². The Labute approximate surface area is 175 Å². The summed E-state index contributed by atoms with van der Waals surface area (Å²) in [6.07, 6.45) is 1.68. The molecule has 3 aromatic rings. The van der Waals surface area contributed by atoms with Crippen LogP contribution >= 0.6 is 15.9 Å². The second-order valence-corrected chi connectivity index (χ2v) is 7.16. The average Bonchev–Trinajstić information content (AvgIpc) is 2.99. The maximum absolute atomic E-state index is 13.2. The number of amides is 1. The molecule has 9 heteroatoms. The minimum atomic E-state index is -0.654. The van der Waals surface area contributed by atoms with E-state index >= 15 is 0 Å². The van der Waals surface area contributed by atoms with Crippen molar-refractivity contribution in [3.63, 3.8) is 0 Å². The van der Waals surface area contributed by atoms with Gasteiger partial charge in [0, 0.05) is 30.9 Å². The molecule has 0 bridgehead atoms. The summed E-state index contributed by atoms with van der Waals surface area (Å²) in [6, 6.07) is 8.52. The predicted molar refractivity (Wildman–Crippen MR) is 110 cm³/mol. The number of anilines is 1. The quantitative estimate of drug-likeness (QED) is 0.556. The Morgan fingerprint density at radius 1 is 1.21 bits per heavy atom. The summed E-state index contributed by atoms with van der Waals surface area (Å²) in [5, 5.41) is 9.86. The van der Waals surface area contributed by atoms with Crippen molar-refractivity contribution in [3.05, 3.63) is 64.3 Å². The van der Waals surface area contributed by atoms with Gasteiger partial charge in [0.1, 0.15) is 17.4 Å². The fraction of sp³-hybridized carbons (Fsp3) is 0.200. The van der Waals surface area contributed by atoms with E-state index < -0.39 is 11.6 Å². The largest absolute Gasteiger partial charge is 0.496 e. The van der Waals surface area contributed by atoms with Crippen molar-refractivity contribution in [2.45, 2.75) is 6.54 Å². The third kappa shape index (κ3) is 5.18. The number of halogens is 3. The van der Waals surface area contributed by atoms with Crippen LogP contribution in [0.3, 0.4) is 0 Å². The lowest BCUT2D eigenvalue weighted by Crippen LogP contribution is -2.27. The van der Waals surface area contributed by atoms with Crippen LogP contribution in [0.15, 0.2) is 47.1 Å². The zero-order valence-corrected chi connectivity index (χ0v) is 17.4. The molecular formula is C20H19BrF2N4O2. The number of methoxy groups -OCH3 is 1. The third-order valence-corrected chi connectivity index (χ3v) is 4.75. The molecule has 0 radical (unpaired) electrons. The molecule has 0 fully saturated rings. The summed E-state index contributed by atoms with van der Waals surface area (Å²) < 4.78 is 34.3. The second kappa shape index (κ2) is 9.15. The highest BCUT2D eigenvalue weighted by Crippen LogP contribution is 2.36. The second-order valence-electron chi connectivity index (χ2n) is 6.31. The number of ether oxygens (including phenoxy) is 1. The smallest absolute Gasteiger partial charge is 0.238 e. The molecule has 0 saturated heterocycles. The highest BCUT2D eigenvalue weighted by Gasteiger charge is 2.15. The Bertz CT molecular complexity index is 1000. The molecule has 0 saturated carbocycles. The van der Waals surface area contributed by atoms with Crippen LogP contribution in [0.1, 0.15) is 5.56 Å². The minimum Gasteiger partial charge on any atom is -0.496 e. The molecule has 2 aromatic carbocycles. The molecule has 152 valence electrons. The Hall–Kier alpha value is -2.78. The maximum Gasteiger partial charge on any atom is 0.238 e. The Morgan fingerprint density at radius 3 is 2.55 bits per heavy atom. The van der Waals surface area contributed by atoms with Crippen molar-refractivity contribution in [2.75, 3.05) is 19.0 Å². The van der Waals surface area contributed by atoms with E-state index in [4.69, 9.17) is 4.74 Å². The van der Waals surface area contributed by atoms with E-state index in [0.29, 0.717) is 17.0 Å². The molecule has 29 heavy (non-hydrogen) atoms. The molecule has 0 aliphatic rings. The SMILES string of the molecule is COc1ccc(NC(=O)CNCc2cc(F)cc(F)c2)cc1-c1c(Br)cnn1C. The molecule has 3 rings (SSSR count). The number of hydrogen-bond acceptors (Lipinski definition) is 4. The summed E-state index contributed by atoms with van der Waals surface area (Å²) in [5.41, 5.74) is 2.57. The van der Waals surface area contributed by atoms with E-state index in [1.54, 1.807) is 36.2 Å². The first-order valence-electron chi connectivity index (χ1n) is 8.69. The van der Waals surface area contributed by atoms with Crippen molar-refractivity contribution >= 4 is 27.5 Å². The number of carbonyl (C=O) groups excluding carboxylic acids is 1. The first-order valence-corrected chi connectivity index (χ1v) is 9.48. The molecule has 1 aromatic heterocycles. The number of nitrogens with one attached hydrogen (secondary N) is 2. The normalized spacial score (nSPS) is 10.8. The number of rotatable bonds is 7. The Kier molecular flexibility index (Phi) is 6.60. The van der Waals surface area contributed by atoms with Gasteiger partial charge in [-0.05, 0) is 51.8 Å². The summed E-state index contributed by atoms with van der Waals surface area (Å²) in [7, 11) is 3.38. The van der Waals surface area contributed by atoms with Gasteiger partial charge in [-0.2, -0.15) is 5.10 Å². The van der Waals surface area contributed by atoms with Gasteiger partial charge in [-0.1, -0.05) is 0 Å². The monoisotopic (exact) mass is 464 g/mol. The first kappa shape index (κ1) is 20.9. The number of aromatic nitrogens is 2. The highest BCUT2D eigenvalue weighted by atomic mass is 79.9. The molecule has 0 aliphatic heterocycles. The van der Waals surface area contributed by atoms with Crippen LogP contribution in [0.25, 0.3) is 11.3 Å². The minimum absolute atomic E-state index is 0.0189. The standard InChI is InChI=1S/C20H19BrF2N4O2/c1-27-20(17(21)10-25-27)16-8-15(3-4-18(16)29-2)26-19(28)11-24-9-12-5-13(22)7-14(23)6-12/h3-8,10,24H,9,11H2,1-2H3,(H,26,28). The van der Waals surface area contributed by atoms with Gasteiger partial charge < -0.3 is 15.4 Å². The Balaban J connectivity index is 1.67. The lowest BCUT2D eigenvalue weighted by Gasteiger charge is -2.13. The zero-order chi connectivity index (χ0) is 21.0. The molecule has 6 nitrogen and oxygen atoms in total. The van der Waals surface area contributed by atoms with Crippen molar-refractivity contribution in [3.8, 4) is 17.0 Å². The van der Waals surface area contributed by atoms with Gasteiger partial charge in [0.2, 0.25) is 5.91 Å². The molecule has 0 spiro atoms. The van der Waals surface area contributed by atoms with Gasteiger partial charge in [-0.15, -0.1) is 0 Å². The number of nitrogens with zero attached hydrogens (tertiary/aromatic N) is 2. The van der Waals surface area contributed by atoms with Crippen molar-refractivity contribution < 1.29 is 18.3 Å². The molecule has 2 N–H and O–H groups in total. The van der Waals surface area contributed by atoms with Gasteiger partial charge in [-0.3, -0.25) is 9.48 Å².